The Bertz CT molecular complexity index is 1300. The summed E-state index contributed by atoms with van der Waals surface area (Å²) < 4.78 is 12.3. The van der Waals surface area contributed by atoms with Crippen molar-refractivity contribution in [3.63, 3.8) is 0 Å². The van der Waals surface area contributed by atoms with Gasteiger partial charge in [-0.2, -0.15) is 10.1 Å². The van der Waals surface area contributed by atoms with Crippen LogP contribution in [0.1, 0.15) is 25.0 Å². The predicted molar refractivity (Wildman–Crippen MR) is 137 cm³/mol. The van der Waals surface area contributed by atoms with E-state index in [1.54, 1.807) is 6.20 Å². The molecule has 0 aliphatic heterocycles. The van der Waals surface area contributed by atoms with Gasteiger partial charge in [-0.15, -0.1) is 0 Å². The lowest BCUT2D eigenvalue weighted by atomic mass is 10.2. The van der Waals surface area contributed by atoms with E-state index in [0.29, 0.717) is 19.0 Å². The molecule has 9 heteroatoms. The summed E-state index contributed by atoms with van der Waals surface area (Å²) in [5.74, 6) is 1.84. The van der Waals surface area contributed by atoms with Crippen LogP contribution in [0.3, 0.4) is 0 Å². The summed E-state index contributed by atoms with van der Waals surface area (Å²) in [6.07, 6.45) is 3.67. The number of carbonyl (C=O) groups is 1. The van der Waals surface area contributed by atoms with E-state index < -0.39 is 0 Å². The van der Waals surface area contributed by atoms with Crippen molar-refractivity contribution in [2.24, 2.45) is 7.05 Å². The summed E-state index contributed by atoms with van der Waals surface area (Å²) in [6.45, 7) is 2.61. The zero-order valence-corrected chi connectivity index (χ0v) is 20.5. The Kier molecular flexibility index (Phi) is 7.45. The summed E-state index contributed by atoms with van der Waals surface area (Å²) in [7, 11) is 5.32. The molecule has 2 heterocycles. The van der Waals surface area contributed by atoms with E-state index in [4.69, 9.17) is 4.74 Å². The molecule has 0 aliphatic rings. The van der Waals surface area contributed by atoms with E-state index in [0.717, 1.165) is 52.4 Å². The molecule has 0 unspecified atom stereocenters. The van der Waals surface area contributed by atoms with Gasteiger partial charge in [0, 0.05) is 49.2 Å². The lowest BCUT2D eigenvalue weighted by Gasteiger charge is -2.19. The molecule has 4 aromatic rings. The third-order valence-electron chi connectivity index (χ3n) is 5.87. The molecule has 1 N–H and O–H groups in total. The van der Waals surface area contributed by atoms with Gasteiger partial charge in [0.15, 0.2) is 0 Å². The Labute approximate surface area is 204 Å². The van der Waals surface area contributed by atoms with Crippen LogP contribution >= 0.6 is 0 Å². The fourth-order valence-electron chi connectivity index (χ4n) is 3.68. The van der Waals surface area contributed by atoms with Crippen LogP contribution in [0.2, 0.25) is 0 Å². The number of anilines is 4. The van der Waals surface area contributed by atoms with E-state index in [9.17, 15) is 4.79 Å². The van der Waals surface area contributed by atoms with Gasteiger partial charge in [-0.1, -0.05) is 0 Å². The van der Waals surface area contributed by atoms with Crippen molar-refractivity contribution in [3.8, 4) is 5.75 Å². The highest BCUT2D eigenvalue weighted by molar-refractivity contribution is 5.85. The summed E-state index contributed by atoms with van der Waals surface area (Å²) in [5.41, 5.74) is 3.94. The maximum atomic E-state index is 11.1. The molecule has 0 atom stereocenters. The number of aryl methyl sites for hydroxylation is 2. The van der Waals surface area contributed by atoms with Gasteiger partial charge in [-0.25, -0.2) is 4.98 Å². The van der Waals surface area contributed by atoms with Crippen LogP contribution in [-0.2, 0) is 16.6 Å². The SMILES string of the molecule is COC(=O)CCCCOc1ccc(Nc2nccc(N(C)c3ccc4c(C)n(C)nc4c3)n2)cc1. The largest absolute Gasteiger partial charge is 0.494 e. The first-order valence-corrected chi connectivity index (χ1v) is 11.5. The number of benzene rings is 2. The molecule has 182 valence electrons. The van der Waals surface area contributed by atoms with E-state index in [2.05, 4.69) is 50.2 Å². The molecule has 0 amide bonds. The van der Waals surface area contributed by atoms with Crippen LogP contribution in [0.15, 0.2) is 54.7 Å². The number of fused-ring (bicyclic) bond motifs is 1. The highest BCUT2D eigenvalue weighted by atomic mass is 16.5. The standard InChI is InChI=1S/C26H30N6O3/c1-18-22-13-10-20(17-23(22)30-32(18)3)31(2)24-14-15-27-26(29-24)28-19-8-11-21(12-9-19)35-16-6-5-7-25(33)34-4/h8-15,17H,5-7,16H2,1-4H3,(H,27,28,29). The molecule has 0 fully saturated rings. The monoisotopic (exact) mass is 474 g/mol. The molecule has 0 spiro atoms. The van der Waals surface area contributed by atoms with Crippen molar-refractivity contribution in [2.45, 2.75) is 26.2 Å². The van der Waals surface area contributed by atoms with E-state index in [1.807, 2.05) is 54.0 Å². The van der Waals surface area contributed by atoms with E-state index in [-0.39, 0.29) is 5.97 Å². The zero-order chi connectivity index (χ0) is 24.8. The number of carbonyl (C=O) groups excluding carboxylic acids is 1. The number of hydrogen-bond donors (Lipinski definition) is 1. The number of ether oxygens (including phenoxy) is 2. The Morgan fingerprint density at radius 1 is 1.11 bits per heavy atom. The van der Waals surface area contributed by atoms with E-state index in [1.165, 1.54) is 7.11 Å². The van der Waals surface area contributed by atoms with Crippen molar-refractivity contribution in [1.29, 1.82) is 0 Å². The number of rotatable bonds is 10. The molecule has 9 nitrogen and oxygen atoms in total. The maximum Gasteiger partial charge on any atom is 0.305 e. The number of aromatic nitrogens is 4. The molecule has 0 saturated heterocycles. The lowest BCUT2D eigenvalue weighted by Crippen LogP contribution is -2.12. The van der Waals surface area contributed by atoms with Crippen molar-refractivity contribution < 1.29 is 14.3 Å². The second-order valence-electron chi connectivity index (χ2n) is 8.24. The third kappa shape index (κ3) is 5.87. The van der Waals surface area contributed by atoms with Gasteiger partial charge >= 0.3 is 5.97 Å². The molecule has 0 saturated carbocycles. The first-order chi connectivity index (χ1) is 16.9. The number of esters is 1. The number of hydrogen-bond acceptors (Lipinski definition) is 8. The molecule has 0 radical (unpaired) electrons. The molecule has 2 aromatic carbocycles. The minimum atomic E-state index is -0.192. The van der Waals surface area contributed by atoms with Crippen LogP contribution in [0.25, 0.3) is 10.9 Å². The number of methoxy groups -OCH3 is 1. The summed E-state index contributed by atoms with van der Waals surface area (Å²) >= 11 is 0. The molecular formula is C26H30N6O3. The smallest absolute Gasteiger partial charge is 0.305 e. The fourth-order valence-corrected chi connectivity index (χ4v) is 3.68. The minimum absolute atomic E-state index is 0.192. The lowest BCUT2D eigenvalue weighted by molar-refractivity contribution is -0.140. The summed E-state index contributed by atoms with van der Waals surface area (Å²) in [6, 6.07) is 15.7. The average Bonchev–Trinajstić information content (AvgIpc) is 3.16. The van der Waals surface area contributed by atoms with Gasteiger partial charge in [0.1, 0.15) is 11.6 Å². The first-order valence-electron chi connectivity index (χ1n) is 11.5. The Hall–Kier alpha value is -4.14. The summed E-state index contributed by atoms with van der Waals surface area (Å²) in [4.78, 5) is 22.2. The highest BCUT2D eigenvalue weighted by Crippen LogP contribution is 2.27. The quantitative estimate of drug-likeness (QED) is 0.256. The number of nitrogens with one attached hydrogen (secondary N) is 1. The van der Waals surface area contributed by atoms with Gasteiger partial charge in [0.05, 0.1) is 19.2 Å². The molecule has 0 bridgehead atoms. The predicted octanol–water partition coefficient (Wildman–Crippen LogP) is 4.91. The van der Waals surface area contributed by atoms with Crippen molar-refractivity contribution in [2.75, 3.05) is 31.0 Å². The Morgan fingerprint density at radius 2 is 1.91 bits per heavy atom. The topological polar surface area (TPSA) is 94.4 Å². The van der Waals surface area contributed by atoms with Crippen LogP contribution in [0.4, 0.5) is 23.1 Å². The molecule has 0 aliphatic carbocycles. The zero-order valence-electron chi connectivity index (χ0n) is 20.5. The van der Waals surface area contributed by atoms with E-state index >= 15 is 0 Å². The molecule has 2 aromatic heterocycles. The van der Waals surface area contributed by atoms with Gasteiger partial charge in [-0.05, 0) is 68.3 Å². The van der Waals surface area contributed by atoms with Crippen LogP contribution < -0.4 is 15.0 Å². The van der Waals surface area contributed by atoms with Crippen LogP contribution in [-0.4, -0.2) is 46.5 Å². The maximum absolute atomic E-state index is 11.1. The first kappa shape index (κ1) is 24.0. The Balaban J connectivity index is 1.36. The second kappa shape index (κ2) is 10.9. The van der Waals surface area contributed by atoms with Crippen molar-refractivity contribution in [3.05, 3.63) is 60.4 Å². The van der Waals surface area contributed by atoms with Gasteiger partial charge in [0.2, 0.25) is 5.95 Å². The minimum Gasteiger partial charge on any atom is -0.494 e. The molecule has 4 rings (SSSR count). The number of unbranched alkanes of at least 4 members (excludes halogenated alkanes) is 1. The van der Waals surface area contributed by atoms with Gasteiger partial charge in [-0.3, -0.25) is 9.48 Å². The molecule has 35 heavy (non-hydrogen) atoms. The Morgan fingerprint density at radius 3 is 2.69 bits per heavy atom. The van der Waals surface area contributed by atoms with Crippen LogP contribution in [0.5, 0.6) is 5.75 Å². The van der Waals surface area contributed by atoms with Crippen molar-refractivity contribution >= 4 is 40.0 Å². The number of nitrogens with zero attached hydrogens (tertiary/aromatic N) is 5. The average molecular weight is 475 g/mol. The van der Waals surface area contributed by atoms with Crippen LogP contribution in [0, 0.1) is 6.92 Å². The summed E-state index contributed by atoms with van der Waals surface area (Å²) in [5, 5.41) is 8.97. The molecular weight excluding hydrogens is 444 g/mol. The third-order valence-corrected chi connectivity index (χ3v) is 5.87. The van der Waals surface area contributed by atoms with Crippen molar-refractivity contribution in [1.82, 2.24) is 19.7 Å². The fraction of sp³-hybridized carbons (Fsp3) is 0.308. The normalized spacial score (nSPS) is 10.9. The highest BCUT2D eigenvalue weighted by Gasteiger charge is 2.11. The second-order valence-corrected chi connectivity index (χ2v) is 8.24. The van der Waals surface area contributed by atoms with Gasteiger partial charge < -0.3 is 19.7 Å². The van der Waals surface area contributed by atoms with Gasteiger partial charge in [0.25, 0.3) is 0 Å².